The predicted molar refractivity (Wildman–Crippen MR) is 257 cm³/mol. The molecule has 0 amide bonds. The van der Waals surface area contributed by atoms with Gasteiger partial charge in [0.15, 0.2) is 22.0 Å². The molecule has 4 aliphatic rings. The first kappa shape index (κ1) is 47.1. The highest BCUT2D eigenvalue weighted by Gasteiger charge is 2.53. The van der Waals surface area contributed by atoms with E-state index in [4.69, 9.17) is 34.6 Å². The SMILES string of the molecule is NC1=N[C@@]2(c3cc(/C=C(\F)c4ccc(Cl)cn4)ccc3F)CN(c3ncc(F)cn3)C[C@H]2CS1.[C-]#[N+]c1ccc(/C(F)=C/c2ccc(F)c([C@]34CN(c5ncc(F)cn5)C[C@H]3CSC(N)=N4)c2)nc1. The van der Waals surface area contributed by atoms with Gasteiger partial charge in [-0.15, -0.1) is 0 Å². The molecule has 0 spiro atoms. The Balaban J connectivity index is 0.000000172. The fourth-order valence-corrected chi connectivity index (χ4v) is 10.8. The topological polar surface area (TPSA) is 165 Å². The number of nitrogens with two attached hydrogens (primary N) is 2. The maximum atomic E-state index is 15.3. The van der Waals surface area contributed by atoms with E-state index in [-0.39, 0.29) is 41.9 Å². The molecule has 2 fully saturated rings. The van der Waals surface area contributed by atoms with Crippen molar-refractivity contribution in [1.82, 2.24) is 29.9 Å². The quantitative estimate of drug-likeness (QED) is 0.110. The van der Waals surface area contributed by atoms with Crippen LogP contribution in [0.2, 0.25) is 5.02 Å². The number of anilines is 2. The van der Waals surface area contributed by atoms with Crippen LogP contribution in [0.1, 0.15) is 33.6 Å². The maximum absolute atomic E-state index is 15.3. The fraction of sp³-hybridized carbons (Fsp3) is 0.213. The molecular formula is C47H36ClF6N13S2. The number of hydrogen-bond acceptors (Lipinski definition) is 14. The highest BCUT2D eigenvalue weighted by Crippen LogP contribution is 2.49. The smallest absolute Gasteiger partial charge is 0.225 e. The number of amidine groups is 2. The number of aliphatic imine (C=N–C) groups is 2. The van der Waals surface area contributed by atoms with E-state index in [1.807, 2.05) is 9.80 Å². The molecule has 4 aliphatic heterocycles. The summed E-state index contributed by atoms with van der Waals surface area (Å²) in [7, 11) is 0. The molecule has 4 N–H and O–H groups in total. The molecule has 350 valence electrons. The number of pyridine rings is 2. The largest absolute Gasteiger partial charge is 0.379 e. The van der Waals surface area contributed by atoms with Crippen molar-refractivity contribution in [2.45, 2.75) is 11.1 Å². The van der Waals surface area contributed by atoms with E-state index in [1.165, 1.54) is 90.5 Å². The molecule has 8 heterocycles. The van der Waals surface area contributed by atoms with Crippen molar-refractivity contribution >= 4 is 86.8 Å². The molecule has 6 aromatic rings. The summed E-state index contributed by atoms with van der Waals surface area (Å²) in [5.41, 5.74) is 12.0. The summed E-state index contributed by atoms with van der Waals surface area (Å²) < 4.78 is 86.9. The Hall–Kier alpha value is -7.02. The molecule has 0 bridgehead atoms. The second-order valence-electron chi connectivity index (χ2n) is 16.3. The first-order chi connectivity index (χ1) is 33.2. The molecular weight excluding hydrogens is 960 g/mol. The first-order valence-corrected chi connectivity index (χ1v) is 23.3. The van der Waals surface area contributed by atoms with Gasteiger partial charge < -0.3 is 21.3 Å². The lowest BCUT2D eigenvalue weighted by Gasteiger charge is -2.35. The zero-order valence-corrected chi connectivity index (χ0v) is 38.2. The third-order valence-electron chi connectivity index (χ3n) is 12.0. The lowest BCUT2D eigenvalue weighted by Crippen LogP contribution is -2.40. The minimum Gasteiger partial charge on any atom is -0.379 e. The van der Waals surface area contributed by atoms with Gasteiger partial charge in [-0.2, -0.15) is 0 Å². The lowest BCUT2D eigenvalue weighted by atomic mass is 9.81. The van der Waals surface area contributed by atoms with Gasteiger partial charge in [-0.25, -0.2) is 61.1 Å². The average Bonchev–Trinajstić information content (AvgIpc) is 3.93. The number of rotatable bonds is 8. The highest BCUT2D eigenvalue weighted by atomic mass is 35.5. The van der Waals surface area contributed by atoms with Crippen molar-refractivity contribution in [2.24, 2.45) is 33.3 Å². The van der Waals surface area contributed by atoms with E-state index >= 15 is 8.78 Å². The molecule has 2 aromatic carbocycles. The van der Waals surface area contributed by atoms with Crippen LogP contribution < -0.4 is 21.3 Å². The summed E-state index contributed by atoms with van der Waals surface area (Å²) in [6.45, 7) is 8.42. The lowest BCUT2D eigenvalue weighted by molar-refractivity contribution is 0.370. The number of aromatic nitrogens is 6. The Morgan fingerprint density at radius 3 is 1.49 bits per heavy atom. The molecule has 0 saturated carbocycles. The summed E-state index contributed by atoms with van der Waals surface area (Å²) in [6.07, 6.45) is 9.52. The van der Waals surface area contributed by atoms with Crippen LogP contribution in [0.4, 0.5) is 43.9 Å². The first-order valence-electron chi connectivity index (χ1n) is 20.9. The van der Waals surface area contributed by atoms with Crippen LogP contribution in [-0.4, -0.2) is 77.9 Å². The van der Waals surface area contributed by atoms with Gasteiger partial charge in [0.1, 0.15) is 34.4 Å². The van der Waals surface area contributed by atoms with Crippen molar-refractivity contribution in [3.8, 4) is 0 Å². The summed E-state index contributed by atoms with van der Waals surface area (Å²) in [4.78, 5) is 40.5. The Morgan fingerprint density at radius 1 is 0.638 bits per heavy atom. The van der Waals surface area contributed by atoms with Gasteiger partial charge in [-0.3, -0.25) is 9.97 Å². The van der Waals surface area contributed by atoms with Crippen LogP contribution in [0, 0.1) is 41.7 Å². The maximum Gasteiger partial charge on any atom is 0.225 e. The van der Waals surface area contributed by atoms with E-state index in [0.29, 0.717) is 74.2 Å². The van der Waals surface area contributed by atoms with Gasteiger partial charge in [0.25, 0.3) is 0 Å². The number of benzene rings is 2. The third-order valence-corrected chi connectivity index (χ3v) is 14.1. The second-order valence-corrected chi connectivity index (χ2v) is 18.8. The fourth-order valence-electron chi connectivity index (χ4n) is 8.72. The molecule has 22 heteroatoms. The molecule has 10 rings (SSSR count). The zero-order valence-electron chi connectivity index (χ0n) is 35.8. The molecule has 0 aliphatic carbocycles. The van der Waals surface area contributed by atoms with E-state index < -0.39 is 46.0 Å². The molecule has 0 unspecified atom stereocenters. The number of halogens is 7. The number of thioether (sulfide) groups is 2. The van der Waals surface area contributed by atoms with Gasteiger partial charge in [0.2, 0.25) is 17.6 Å². The van der Waals surface area contributed by atoms with Crippen molar-refractivity contribution in [3.05, 3.63) is 171 Å². The van der Waals surface area contributed by atoms with Gasteiger partial charge in [0.05, 0.1) is 60.9 Å². The molecule has 4 aromatic heterocycles. The number of hydrogen-bond donors (Lipinski definition) is 2. The van der Waals surface area contributed by atoms with Gasteiger partial charge in [0, 0.05) is 60.0 Å². The second kappa shape index (κ2) is 19.5. The van der Waals surface area contributed by atoms with Crippen LogP contribution in [0.15, 0.2) is 108 Å². The van der Waals surface area contributed by atoms with Crippen LogP contribution in [-0.2, 0) is 11.1 Å². The van der Waals surface area contributed by atoms with Crippen molar-refractivity contribution in [2.75, 3.05) is 47.5 Å². The van der Waals surface area contributed by atoms with Gasteiger partial charge in [-0.1, -0.05) is 53.3 Å². The Bertz CT molecular complexity index is 3070. The predicted octanol–water partition coefficient (Wildman–Crippen LogP) is 9.23. The third kappa shape index (κ3) is 9.82. The summed E-state index contributed by atoms with van der Waals surface area (Å²) >= 11 is 8.60. The Morgan fingerprint density at radius 2 is 1.09 bits per heavy atom. The van der Waals surface area contributed by atoms with Gasteiger partial charge in [-0.05, 0) is 65.7 Å². The molecule has 2 saturated heterocycles. The van der Waals surface area contributed by atoms with Crippen LogP contribution in [0.5, 0.6) is 0 Å². The van der Waals surface area contributed by atoms with Crippen molar-refractivity contribution in [1.29, 1.82) is 0 Å². The zero-order chi connectivity index (χ0) is 48.5. The molecule has 0 radical (unpaired) electrons. The number of nitrogens with zero attached hydrogens (tertiary/aromatic N) is 11. The van der Waals surface area contributed by atoms with E-state index in [1.54, 1.807) is 18.2 Å². The summed E-state index contributed by atoms with van der Waals surface area (Å²) in [5.74, 6) is -1.67. The normalized spacial score (nSPS) is 22.2. The van der Waals surface area contributed by atoms with Crippen LogP contribution in [0.3, 0.4) is 0 Å². The molecule has 69 heavy (non-hydrogen) atoms. The molecule has 4 atom stereocenters. The van der Waals surface area contributed by atoms with Gasteiger partial charge >= 0.3 is 0 Å². The van der Waals surface area contributed by atoms with E-state index in [9.17, 15) is 17.6 Å². The average molecular weight is 996 g/mol. The monoisotopic (exact) mass is 995 g/mol. The van der Waals surface area contributed by atoms with E-state index in [2.05, 4.69) is 39.7 Å². The number of fused-ring (bicyclic) bond motifs is 2. The van der Waals surface area contributed by atoms with Crippen LogP contribution >= 0.6 is 35.1 Å². The standard InChI is InChI=1S/C24H18F3N7S.C23H18ClF3N6S/c1-29-17-3-5-21(30-10-17)20(27)7-14-2-4-19(26)18(6-14)24-13-34(23-31-8-16(25)9-32-23)11-15(24)12-35-22(28)33-24;24-15-2-4-20(29-7-15)19(27)6-13-1-3-18(26)17(5-13)23-12-33(22-30-8-16(25)9-31-22)10-14(23)11-34-21(28)32-23/h2-10,15H,11-13H2,(H2,28,33);1-9,14H,10-12H2,(H2,28,32)/b20-7-;19-6-/t15-,24-;14-,23-/m00/s1. The summed E-state index contributed by atoms with van der Waals surface area (Å²) in [6, 6.07) is 14.6. The Labute approximate surface area is 404 Å². The van der Waals surface area contributed by atoms with Crippen molar-refractivity contribution < 1.29 is 26.3 Å². The summed E-state index contributed by atoms with van der Waals surface area (Å²) in [5, 5.41) is 1.07. The minimum absolute atomic E-state index is 0.0659. The van der Waals surface area contributed by atoms with E-state index in [0.717, 1.165) is 24.8 Å². The Kier molecular flexibility index (Phi) is 13.3. The van der Waals surface area contributed by atoms with Crippen molar-refractivity contribution in [3.63, 3.8) is 0 Å². The van der Waals surface area contributed by atoms with Crippen LogP contribution in [0.25, 0.3) is 28.7 Å². The minimum atomic E-state index is -1.03. The highest BCUT2D eigenvalue weighted by molar-refractivity contribution is 8.14. The molecule has 13 nitrogen and oxygen atoms in total.